The molecule has 0 amide bonds. The molecule has 14 heterocycles. The Morgan fingerprint density at radius 3 is 0.404 bits per heavy atom. The summed E-state index contributed by atoms with van der Waals surface area (Å²) in [5.41, 5.74) is 0. The van der Waals surface area contributed by atoms with Gasteiger partial charge in [0, 0.05) is 42.7 Å². The van der Waals surface area contributed by atoms with E-state index in [1.807, 2.05) is 0 Å². The minimum atomic E-state index is -1.32. The fourth-order valence-electron chi connectivity index (χ4n) is 16.4. The molecule has 0 aliphatic carbocycles. The van der Waals surface area contributed by atoms with Crippen LogP contribution in [-0.2, 0) is 171 Å². The predicted molar refractivity (Wildman–Crippen MR) is 386 cm³/mol. The molecule has 0 N–H and O–H groups in total. The van der Waals surface area contributed by atoms with Gasteiger partial charge in [0.2, 0.25) is 0 Å². The van der Waals surface area contributed by atoms with Crippen molar-refractivity contribution in [3.05, 3.63) is 0 Å². The standard InChI is InChI=1S/C78H132O36/c1-67(2,79-25)85-31-37-43-49-55(109-73(13,14)103-49)61(91-37)98-44-38(32-86-68(3,4)80-26)93-63(57-50(44)104-75(17,18)111-57)100-46-40(34-88-70(7,8)82-28)95-65(59-52(46)106-77(21,22)113-59)102-48-42(36-90-72(11,12)84-30)96-66(60-54(48)108-78(23,24)114-60)101-47-41(35-89-71(9,10)83-29)94-64(58-53(47)107-76(19,20)112-58)99-45-39(33-87-69(5,6)81-27)92-62(97-43)56-51(45)105-74(15,16)110-56/h37-66H,31-36H2,1-30H3/t37-,38-,39-,40-,41-,42-,43-,44-,45-,46-,47-,48-,49+,50+,51+,52+,53+,54+,55-,56-,57-,58-,59-,60-,61-,62-,63-,64-,65-,66-/m1/s1. The van der Waals surface area contributed by atoms with Gasteiger partial charge in [-0.2, -0.15) is 0 Å². The van der Waals surface area contributed by atoms with E-state index in [9.17, 15) is 0 Å². The zero-order valence-corrected chi connectivity index (χ0v) is 72.3. The first-order chi connectivity index (χ1) is 52.9. The second-order valence-electron chi connectivity index (χ2n) is 36.7. The van der Waals surface area contributed by atoms with Gasteiger partial charge in [-0.25, -0.2) is 0 Å². The molecule has 12 bridgehead atoms. The average Bonchev–Trinajstić information content (AvgIpc) is 1.56. The molecule has 30 atom stereocenters. The molecular weight excluding hydrogens is 1510 g/mol. The van der Waals surface area contributed by atoms with Crippen LogP contribution < -0.4 is 0 Å². The van der Waals surface area contributed by atoms with E-state index < -0.39 is 254 Å². The molecule has 114 heavy (non-hydrogen) atoms. The van der Waals surface area contributed by atoms with Crippen LogP contribution in [0.15, 0.2) is 0 Å². The summed E-state index contributed by atoms with van der Waals surface area (Å²) in [6, 6.07) is 0. The summed E-state index contributed by atoms with van der Waals surface area (Å²) in [5, 5.41) is 0. The molecule has 14 fully saturated rings. The number of ether oxygens (including phenoxy) is 36. The summed E-state index contributed by atoms with van der Waals surface area (Å²) < 4.78 is 247. The van der Waals surface area contributed by atoms with Gasteiger partial charge in [0.05, 0.1) is 39.6 Å². The first-order valence-corrected chi connectivity index (χ1v) is 40.0. The Bertz CT molecular complexity index is 2660. The molecule has 0 aromatic rings. The summed E-state index contributed by atoms with van der Waals surface area (Å²) in [6.07, 6.45) is -33.7. The van der Waals surface area contributed by atoms with E-state index in [1.165, 1.54) is 0 Å². The van der Waals surface area contributed by atoms with Crippen molar-refractivity contribution in [1.82, 2.24) is 0 Å². The Kier molecular flexibility index (Phi) is 26.3. The molecule has 660 valence electrons. The number of methoxy groups -OCH3 is 6. The van der Waals surface area contributed by atoms with Crippen molar-refractivity contribution in [3.8, 4) is 0 Å². The highest BCUT2D eigenvalue weighted by Crippen LogP contribution is 2.52. The van der Waals surface area contributed by atoms with Gasteiger partial charge in [0.1, 0.15) is 146 Å². The quantitative estimate of drug-likeness (QED) is 0.0974. The monoisotopic (exact) mass is 1640 g/mol. The Labute approximate surface area is 670 Å². The molecule has 14 aliphatic rings. The molecule has 14 saturated heterocycles. The molecule has 36 nitrogen and oxygen atoms in total. The lowest BCUT2D eigenvalue weighted by Gasteiger charge is -2.51. The molecule has 0 radical (unpaired) electrons. The molecule has 14 rings (SSSR count). The topological polar surface area (TPSA) is 332 Å². The van der Waals surface area contributed by atoms with Crippen molar-refractivity contribution in [2.75, 3.05) is 82.3 Å². The number of hydrogen-bond donors (Lipinski definition) is 0. The van der Waals surface area contributed by atoms with E-state index in [2.05, 4.69) is 0 Å². The molecule has 0 unspecified atom stereocenters. The van der Waals surface area contributed by atoms with Gasteiger partial charge in [-0.1, -0.05) is 0 Å². The van der Waals surface area contributed by atoms with Crippen molar-refractivity contribution in [2.45, 2.75) is 420 Å². The van der Waals surface area contributed by atoms with Gasteiger partial charge in [-0.05, 0) is 166 Å². The number of rotatable bonds is 24. The second-order valence-corrected chi connectivity index (χ2v) is 36.7. The van der Waals surface area contributed by atoms with Crippen LogP contribution >= 0.6 is 0 Å². The van der Waals surface area contributed by atoms with Gasteiger partial charge in [0.25, 0.3) is 0 Å². The fraction of sp³-hybridized carbons (Fsp3) is 1.00. The van der Waals surface area contributed by atoms with Crippen LogP contribution in [0.1, 0.15) is 166 Å². The van der Waals surface area contributed by atoms with Crippen LogP contribution in [0.5, 0.6) is 0 Å². The first-order valence-electron chi connectivity index (χ1n) is 40.0. The van der Waals surface area contributed by atoms with Crippen LogP contribution in [0.2, 0.25) is 0 Å². The molecule has 0 saturated carbocycles. The Morgan fingerprint density at radius 2 is 0.289 bits per heavy atom. The predicted octanol–water partition coefficient (Wildman–Crippen LogP) is 6.18. The zero-order valence-electron chi connectivity index (χ0n) is 72.3. The molecule has 0 spiro atoms. The highest BCUT2D eigenvalue weighted by Gasteiger charge is 2.69. The zero-order chi connectivity index (χ0) is 83.0. The van der Waals surface area contributed by atoms with Gasteiger partial charge in [-0.3, -0.25) is 0 Å². The third-order valence-electron chi connectivity index (χ3n) is 22.9. The van der Waals surface area contributed by atoms with Gasteiger partial charge in [-0.15, -0.1) is 0 Å². The van der Waals surface area contributed by atoms with Gasteiger partial charge >= 0.3 is 0 Å². The van der Waals surface area contributed by atoms with Crippen molar-refractivity contribution in [3.63, 3.8) is 0 Å². The summed E-state index contributed by atoms with van der Waals surface area (Å²) in [5.74, 6) is -14.8. The van der Waals surface area contributed by atoms with E-state index in [0.717, 1.165) is 0 Å². The largest absolute Gasteiger partial charge is 0.354 e. The second kappa shape index (κ2) is 33.2. The average molecular weight is 1650 g/mol. The van der Waals surface area contributed by atoms with E-state index >= 15 is 0 Å². The van der Waals surface area contributed by atoms with Crippen LogP contribution in [0, 0.1) is 0 Å². The third-order valence-corrected chi connectivity index (χ3v) is 22.9. The lowest BCUT2D eigenvalue weighted by molar-refractivity contribution is -0.392. The molecule has 14 aliphatic heterocycles. The van der Waals surface area contributed by atoms with Crippen LogP contribution in [-0.4, -0.2) is 336 Å². The lowest BCUT2D eigenvalue weighted by atomic mass is 9.94. The Balaban J connectivity index is 0.967. The Hall–Kier alpha value is -1.44. The maximum absolute atomic E-state index is 7.47. The lowest BCUT2D eigenvalue weighted by Crippen LogP contribution is -2.68. The maximum atomic E-state index is 7.47. The fourth-order valence-corrected chi connectivity index (χ4v) is 16.4. The summed E-state index contributed by atoms with van der Waals surface area (Å²) in [4.78, 5) is 0. The Morgan fingerprint density at radius 1 is 0.175 bits per heavy atom. The highest BCUT2D eigenvalue weighted by atomic mass is 16.9. The molecular formula is C78H132O36. The minimum absolute atomic E-state index is 0.175. The normalized spacial score (nSPS) is 43.7. The summed E-state index contributed by atoms with van der Waals surface area (Å²) in [7, 11) is 9.24. The molecule has 36 heteroatoms. The van der Waals surface area contributed by atoms with Crippen LogP contribution in [0.4, 0.5) is 0 Å². The smallest absolute Gasteiger partial charge is 0.187 e. The van der Waals surface area contributed by atoms with Crippen LogP contribution in [0.3, 0.4) is 0 Å². The van der Waals surface area contributed by atoms with E-state index in [-0.39, 0.29) is 39.6 Å². The van der Waals surface area contributed by atoms with Crippen molar-refractivity contribution in [2.24, 2.45) is 0 Å². The van der Waals surface area contributed by atoms with Crippen molar-refractivity contribution < 1.29 is 171 Å². The minimum Gasteiger partial charge on any atom is -0.354 e. The third kappa shape index (κ3) is 20.2. The number of fused-ring (bicyclic) bond motifs is 1. The van der Waals surface area contributed by atoms with Crippen molar-refractivity contribution >= 4 is 0 Å². The first kappa shape index (κ1) is 90.3. The van der Waals surface area contributed by atoms with E-state index in [4.69, 9.17) is 171 Å². The van der Waals surface area contributed by atoms with Gasteiger partial charge < -0.3 is 171 Å². The van der Waals surface area contributed by atoms with E-state index in [1.54, 1.807) is 209 Å². The van der Waals surface area contributed by atoms with Crippen LogP contribution in [0.25, 0.3) is 0 Å². The molecule has 0 aromatic heterocycles. The SMILES string of the molecule is COC(C)(C)OC[C@H]1O[C@@H]2O[C@H]3[C@@H]4OC(C)(C)O[C@H]4[C@@H](O[C@H]4[C@@H]5OC(C)(C)O[C@H]5[C@@H](O[C@H]5[C@@H]6OC(C)(C)O[C@H]6[C@@H](O[C@H]6[C@@H]7OC(C)(C)O[C@H]7[C@@H](O[C@H]7[C@@H]8OC(C)(C)O[C@H]8[C@@H](O[C@H]1[C@@H]1OC(C)(C)O[C@@H]21)O[C@@H]7COC(C)(C)OC)O[C@@H]6COC(C)(C)OC)O[C@@H]5COC(C)(C)OC)O[C@@H]4COC(C)(C)OC)O[C@@H]3COC(C)(C)OC. The van der Waals surface area contributed by atoms with E-state index in [0.29, 0.717) is 0 Å². The highest BCUT2D eigenvalue weighted by molar-refractivity contribution is 5.09. The summed E-state index contributed by atoms with van der Waals surface area (Å²) in [6.45, 7) is 41.7. The number of hydrogen-bond acceptors (Lipinski definition) is 36. The van der Waals surface area contributed by atoms with Crippen molar-refractivity contribution in [1.29, 1.82) is 0 Å². The summed E-state index contributed by atoms with van der Waals surface area (Å²) >= 11 is 0. The maximum Gasteiger partial charge on any atom is 0.187 e. The molecule has 0 aromatic carbocycles. The van der Waals surface area contributed by atoms with Gasteiger partial charge in [0.15, 0.2) is 107 Å².